The molecule has 0 saturated carbocycles. The average molecular weight is 304 g/mol. The molecule has 0 N–H and O–H groups in total. The highest BCUT2D eigenvalue weighted by atomic mass is 35.5. The first-order valence-electron chi connectivity index (χ1n) is 6.23. The Hall–Kier alpha value is -1.71. The van der Waals surface area contributed by atoms with Gasteiger partial charge in [0.15, 0.2) is 0 Å². The minimum Gasteiger partial charge on any atom is -0.253 e. The van der Waals surface area contributed by atoms with E-state index in [9.17, 15) is 0 Å². The van der Waals surface area contributed by atoms with Gasteiger partial charge in [-0.05, 0) is 36.2 Å². The summed E-state index contributed by atoms with van der Waals surface area (Å²) < 4.78 is 0. The number of aromatic nitrogens is 3. The second kappa shape index (κ2) is 5.73. The van der Waals surface area contributed by atoms with Crippen LogP contribution in [0.5, 0.6) is 0 Å². The topological polar surface area (TPSA) is 38.7 Å². The smallest absolute Gasteiger partial charge is 0.129 e. The zero-order chi connectivity index (χ0) is 13.9. The third-order valence-corrected chi connectivity index (χ3v) is 3.76. The van der Waals surface area contributed by atoms with Crippen molar-refractivity contribution >= 4 is 34.2 Å². The van der Waals surface area contributed by atoms with E-state index in [1.165, 1.54) is 0 Å². The Kier molecular flexibility index (Phi) is 3.81. The van der Waals surface area contributed by atoms with Crippen LogP contribution in [0.15, 0.2) is 42.7 Å². The van der Waals surface area contributed by atoms with Gasteiger partial charge < -0.3 is 0 Å². The normalized spacial score (nSPS) is 10.9. The van der Waals surface area contributed by atoms with Crippen LogP contribution in [0.25, 0.3) is 11.0 Å². The van der Waals surface area contributed by atoms with Crippen molar-refractivity contribution in [2.24, 2.45) is 0 Å². The first-order chi connectivity index (χ1) is 9.72. The first kappa shape index (κ1) is 13.3. The van der Waals surface area contributed by atoms with Gasteiger partial charge in [-0.2, -0.15) is 0 Å². The number of rotatable bonds is 3. The van der Waals surface area contributed by atoms with E-state index >= 15 is 0 Å². The highest BCUT2D eigenvalue weighted by Crippen LogP contribution is 2.23. The van der Waals surface area contributed by atoms with E-state index in [1.807, 2.05) is 30.3 Å². The Balaban J connectivity index is 1.77. The van der Waals surface area contributed by atoms with E-state index in [0.29, 0.717) is 10.0 Å². The van der Waals surface area contributed by atoms with Gasteiger partial charge in [0.05, 0.1) is 21.8 Å². The maximum absolute atomic E-state index is 6.00. The van der Waals surface area contributed by atoms with Crippen LogP contribution >= 0.6 is 23.2 Å². The highest BCUT2D eigenvalue weighted by Gasteiger charge is 2.03. The largest absolute Gasteiger partial charge is 0.253 e. The lowest BCUT2D eigenvalue weighted by Gasteiger charge is -2.04. The molecule has 100 valence electrons. The lowest BCUT2D eigenvalue weighted by molar-refractivity contribution is 0.868. The van der Waals surface area contributed by atoms with E-state index in [1.54, 1.807) is 12.4 Å². The van der Waals surface area contributed by atoms with Gasteiger partial charge in [0.1, 0.15) is 11.3 Å². The van der Waals surface area contributed by atoms with Crippen LogP contribution < -0.4 is 0 Å². The Morgan fingerprint density at radius 1 is 0.900 bits per heavy atom. The molecule has 3 nitrogen and oxygen atoms in total. The summed E-state index contributed by atoms with van der Waals surface area (Å²) in [7, 11) is 0. The Bertz CT molecular complexity index is 759. The number of hydrogen-bond acceptors (Lipinski definition) is 3. The van der Waals surface area contributed by atoms with Gasteiger partial charge in [-0.3, -0.25) is 4.98 Å². The number of fused-ring (bicyclic) bond motifs is 1. The fourth-order valence-electron chi connectivity index (χ4n) is 1.98. The zero-order valence-corrected chi connectivity index (χ0v) is 12.1. The fraction of sp³-hybridized carbons (Fsp3) is 0.133. The minimum atomic E-state index is 0.573. The van der Waals surface area contributed by atoms with Gasteiger partial charge >= 0.3 is 0 Å². The van der Waals surface area contributed by atoms with Crippen LogP contribution in [-0.2, 0) is 12.8 Å². The molecule has 0 radical (unpaired) electrons. The van der Waals surface area contributed by atoms with E-state index < -0.39 is 0 Å². The number of aryl methyl sites for hydroxylation is 2. The van der Waals surface area contributed by atoms with Crippen molar-refractivity contribution in [2.45, 2.75) is 12.8 Å². The van der Waals surface area contributed by atoms with Crippen LogP contribution in [0.3, 0.4) is 0 Å². The molecule has 20 heavy (non-hydrogen) atoms. The summed E-state index contributed by atoms with van der Waals surface area (Å²) >= 11 is 11.9. The van der Waals surface area contributed by atoms with Gasteiger partial charge in [-0.25, -0.2) is 9.97 Å². The van der Waals surface area contributed by atoms with Crippen molar-refractivity contribution in [2.75, 3.05) is 0 Å². The number of hydrogen-bond donors (Lipinski definition) is 0. The van der Waals surface area contributed by atoms with Gasteiger partial charge in [0.25, 0.3) is 0 Å². The summed E-state index contributed by atoms with van der Waals surface area (Å²) in [4.78, 5) is 13.0. The van der Waals surface area contributed by atoms with Crippen LogP contribution in [0.1, 0.15) is 11.4 Å². The molecule has 0 aliphatic carbocycles. The summed E-state index contributed by atoms with van der Waals surface area (Å²) in [5.41, 5.74) is 2.80. The second-order valence-electron chi connectivity index (χ2n) is 4.44. The molecule has 3 aromatic rings. The monoisotopic (exact) mass is 303 g/mol. The molecule has 0 saturated heterocycles. The lowest BCUT2D eigenvalue weighted by atomic mass is 10.1. The van der Waals surface area contributed by atoms with Gasteiger partial charge in [-0.1, -0.05) is 29.3 Å². The fourth-order valence-corrected chi connectivity index (χ4v) is 2.30. The molecular formula is C15H11Cl2N3. The highest BCUT2D eigenvalue weighted by molar-refractivity contribution is 6.42. The summed E-state index contributed by atoms with van der Waals surface area (Å²) in [6.45, 7) is 0. The van der Waals surface area contributed by atoms with Gasteiger partial charge in [-0.15, -0.1) is 0 Å². The number of nitrogens with zero attached hydrogens (tertiary/aromatic N) is 3. The van der Waals surface area contributed by atoms with Crippen molar-refractivity contribution in [3.63, 3.8) is 0 Å². The average Bonchev–Trinajstić information content (AvgIpc) is 2.48. The lowest BCUT2D eigenvalue weighted by Crippen LogP contribution is -1.99. The van der Waals surface area contributed by atoms with Gasteiger partial charge in [0.2, 0.25) is 0 Å². The SMILES string of the molecule is Clc1ccc(CCc2ncc3ncccc3n2)cc1Cl. The molecular weight excluding hydrogens is 293 g/mol. The summed E-state index contributed by atoms with van der Waals surface area (Å²) in [5, 5.41) is 1.15. The van der Waals surface area contributed by atoms with Crippen LogP contribution in [-0.4, -0.2) is 15.0 Å². The third kappa shape index (κ3) is 2.89. The first-order valence-corrected chi connectivity index (χ1v) is 6.98. The second-order valence-corrected chi connectivity index (χ2v) is 5.26. The molecule has 2 aromatic heterocycles. The van der Waals surface area contributed by atoms with Crippen molar-refractivity contribution in [3.05, 3.63) is 64.2 Å². The van der Waals surface area contributed by atoms with Crippen molar-refractivity contribution < 1.29 is 0 Å². The molecule has 0 amide bonds. The third-order valence-electron chi connectivity index (χ3n) is 3.02. The van der Waals surface area contributed by atoms with Crippen molar-refractivity contribution in [1.29, 1.82) is 0 Å². The quantitative estimate of drug-likeness (QED) is 0.730. The molecule has 5 heteroatoms. The number of benzene rings is 1. The molecule has 1 aromatic carbocycles. The minimum absolute atomic E-state index is 0.573. The van der Waals surface area contributed by atoms with E-state index in [0.717, 1.165) is 35.3 Å². The van der Waals surface area contributed by atoms with E-state index in [-0.39, 0.29) is 0 Å². The van der Waals surface area contributed by atoms with Crippen molar-refractivity contribution in [3.8, 4) is 0 Å². The summed E-state index contributed by atoms with van der Waals surface area (Å²) in [5.74, 6) is 0.802. The summed E-state index contributed by atoms with van der Waals surface area (Å²) in [6.07, 6.45) is 5.07. The van der Waals surface area contributed by atoms with E-state index in [4.69, 9.17) is 23.2 Å². The molecule has 0 spiro atoms. The Morgan fingerprint density at radius 2 is 1.80 bits per heavy atom. The predicted octanol–water partition coefficient (Wildman–Crippen LogP) is 4.12. The van der Waals surface area contributed by atoms with E-state index in [2.05, 4.69) is 15.0 Å². The molecule has 3 rings (SSSR count). The number of pyridine rings is 1. The zero-order valence-electron chi connectivity index (χ0n) is 10.6. The van der Waals surface area contributed by atoms with Gasteiger partial charge in [0, 0.05) is 12.6 Å². The van der Waals surface area contributed by atoms with Crippen LogP contribution in [0.4, 0.5) is 0 Å². The summed E-state index contributed by atoms with van der Waals surface area (Å²) in [6, 6.07) is 9.47. The molecule has 0 unspecified atom stereocenters. The molecule has 2 heterocycles. The molecule has 0 aliphatic heterocycles. The van der Waals surface area contributed by atoms with Crippen LogP contribution in [0.2, 0.25) is 10.0 Å². The standard InChI is InChI=1S/C15H11Cl2N3/c16-11-5-3-10(8-12(11)17)4-6-15-19-9-14-13(20-15)2-1-7-18-14/h1-3,5,7-9H,4,6H2. The molecule has 0 bridgehead atoms. The molecule has 0 fully saturated rings. The Morgan fingerprint density at radius 3 is 2.65 bits per heavy atom. The van der Waals surface area contributed by atoms with Crippen LogP contribution in [0, 0.1) is 0 Å². The number of halogens is 2. The molecule has 0 aliphatic rings. The predicted molar refractivity (Wildman–Crippen MR) is 81.2 cm³/mol. The molecule has 0 atom stereocenters. The maximum Gasteiger partial charge on any atom is 0.129 e. The Labute approximate surface area is 126 Å². The van der Waals surface area contributed by atoms with Crippen molar-refractivity contribution in [1.82, 2.24) is 15.0 Å². The maximum atomic E-state index is 6.00.